The zero-order valence-corrected chi connectivity index (χ0v) is 13.5. The van der Waals surface area contributed by atoms with E-state index in [-0.39, 0.29) is 12.5 Å². The Hall–Kier alpha value is -3.15. The summed E-state index contributed by atoms with van der Waals surface area (Å²) < 4.78 is 4.66. The predicted molar refractivity (Wildman–Crippen MR) is 91.1 cm³/mol. The second-order valence-electron chi connectivity index (χ2n) is 4.99. The van der Waals surface area contributed by atoms with Crippen LogP contribution < -0.4 is 5.32 Å². The molecule has 0 fully saturated rings. The summed E-state index contributed by atoms with van der Waals surface area (Å²) in [5, 5.41) is 6.43. The number of rotatable bonds is 6. The van der Waals surface area contributed by atoms with Crippen LogP contribution in [0.4, 0.5) is 5.69 Å². The van der Waals surface area contributed by atoms with E-state index in [0.717, 1.165) is 11.1 Å². The van der Waals surface area contributed by atoms with E-state index in [4.69, 9.17) is 4.84 Å². The van der Waals surface area contributed by atoms with Gasteiger partial charge in [0.25, 0.3) is 5.91 Å². The second-order valence-corrected chi connectivity index (χ2v) is 4.99. The zero-order valence-electron chi connectivity index (χ0n) is 13.5. The third-order valence-corrected chi connectivity index (χ3v) is 3.20. The lowest BCUT2D eigenvalue weighted by Gasteiger charge is -2.09. The number of methoxy groups -OCH3 is 1. The summed E-state index contributed by atoms with van der Waals surface area (Å²) in [6.45, 7) is 1.59. The highest BCUT2D eigenvalue weighted by Gasteiger charge is 2.10. The van der Waals surface area contributed by atoms with E-state index in [1.54, 1.807) is 18.2 Å². The average molecular weight is 326 g/mol. The number of hydrogen-bond acceptors (Lipinski definition) is 5. The first-order valence-corrected chi connectivity index (χ1v) is 7.29. The van der Waals surface area contributed by atoms with Gasteiger partial charge in [-0.15, -0.1) is 0 Å². The molecule has 0 radical (unpaired) electrons. The lowest BCUT2D eigenvalue weighted by molar-refractivity contribution is -0.120. The first-order valence-electron chi connectivity index (χ1n) is 7.29. The van der Waals surface area contributed by atoms with Crippen LogP contribution in [0.3, 0.4) is 0 Å². The summed E-state index contributed by atoms with van der Waals surface area (Å²) in [7, 11) is 1.30. The van der Waals surface area contributed by atoms with Crippen molar-refractivity contribution in [1.29, 1.82) is 0 Å². The van der Waals surface area contributed by atoms with Crippen LogP contribution in [0.1, 0.15) is 21.5 Å². The number of anilines is 1. The standard InChI is InChI=1S/C18H18N2O4/c1-13-8-9-15(18(22)23-2)10-16(13)20-17(21)12-24-19-11-14-6-4-3-5-7-14/h3-11H,12H2,1-2H3,(H,20,21)/b19-11-. The topological polar surface area (TPSA) is 77.0 Å². The molecule has 0 bridgehead atoms. The lowest BCUT2D eigenvalue weighted by Crippen LogP contribution is -2.18. The van der Waals surface area contributed by atoms with Gasteiger partial charge >= 0.3 is 5.97 Å². The van der Waals surface area contributed by atoms with Gasteiger partial charge in [0, 0.05) is 5.69 Å². The van der Waals surface area contributed by atoms with Crippen LogP contribution in [0.2, 0.25) is 0 Å². The van der Waals surface area contributed by atoms with E-state index in [2.05, 4.69) is 15.2 Å². The van der Waals surface area contributed by atoms with E-state index in [9.17, 15) is 9.59 Å². The van der Waals surface area contributed by atoms with Gasteiger partial charge < -0.3 is 14.9 Å². The number of nitrogens with one attached hydrogen (secondary N) is 1. The predicted octanol–water partition coefficient (Wildman–Crippen LogP) is 2.77. The fourth-order valence-electron chi connectivity index (χ4n) is 1.92. The SMILES string of the molecule is COC(=O)c1ccc(C)c(NC(=O)CO/N=C\c2ccccc2)c1. The van der Waals surface area contributed by atoms with Gasteiger partial charge in [0.05, 0.1) is 18.9 Å². The molecule has 0 aliphatic heterocycles. The van der Waals surface area contributed by atoms with Crippen molar-refractivity contribution >= 4 is 23.8 Å². The molecule has 0 saturated heterocycles. The van der Waals surface area contributed by atoms with Crippen molar-refractivity contribution < 1.29 is 19.2 Å². The van der Waals surface area contributed by atoms with Crippen molar-refractivity contribution in [3.63, 3.8) is 0 Å². The van der Waals surface area contributed by atoms with Crippen molar-refractivity contribution in [1.82, 2.24) is 0 Å². The third kappa shape index (κ3) is 4.95. The maximum atomic E-state index is 11.9. The molecule has 0 saturated carbocycles. The van der Waals surface area contributed by atoms with Crippen molar-refractivity contribution in [2.24, 2.45) is 5.16 Å². The van der Waals surface area contributed by atoms with Gasteiger partial charge in [0.15, 0.2) is 6.61 Å². The number of nitrogens with zero attached hydrogens (tertiary/aromatic N) is 1. The fraction of sp³-hybridized carbons (Fsp3) is 0.167. The van der Waals surface area contributed by atoms with Gasteiger partial charge in [0.2, 0.25) is 0 Å². The molecular weight excluding hydrogens is 308 g/mol. The quantitative estimate of drug-likeness (QED) is 0.503. The Morgan fingerprint density at radius 2 is 1.92 bits per heavy atom. The van der Waals surface area contributed by atoms with Gasteiger partial charge in [-0.3, -0.25) is 4.79 Å². The number of benzene rings is 2. The molecule has 0 unspecified atom stereocenters. The fourth-order valence-corrected chi connectivity index (χ4v) is 1.92. The minimum atomic E-state index is -0.464. The van der Waals surface area contributed by atoms with Gasteiger partial charge in [0.1, 0.15) is 0 Å². The number of aryl methyl sites for hydroxylation is 1. The highest BCUT2D eigenvalue weighted by atomic mass is 16.6. The molecule has 2 aromatic rings. The van der Waals surface area contributed by atoms with Gasteiger partial charge in [-0.1, -0.05) is 41.6 Å². The van der Waals surface area contributed by atoms with Crippen LogP contribution in [0.15, 0.2) is 53.7 Å². The van der Waals surface area contributed by atoms with Crippen molar-refractivity contribution in [2.45, 2.75) is 6.92 Å². The molecule has 124 valence electrons. The zero-order chi connectivity index (χ0) is 17.4. The normalized spacial score (nSPS) is 10.4. The Morgan fingerprint density at radius 1 is 1.17 bits per heavy atom. The Kier molecular flexibility index (Phi) is 6.08. The van der Waals surface area contributed by atoms with Crippen LogP contribution in [0.5, 0.6) is 0 Å². The number of oxime groups is 1. The summed E-state index contributed by atoms with van der Waals surface area (Å²) in [6, 6.07) is 14.3. The van der Waals surface area contributed by atoms with Crippen LogP contribution in [-0.4, -0.2) is 31.8 Å². The molecule has 0 atom stereocenters. The summed E-state index contributed by atoms with van der Waals surface area (Å²) in [4.78, 5) is 28.4. The van der Waals surface area contributed by atoms with Crippen LogP contribution in [0.25, 0.3) is 0 Å². The summed E-state index contributed by atoms with van der Waals surface area (Å²) in [5.74, 6) is -0.834. The molecule has 1 N–H and O–H groups in total. The highest BCUT2D eigenvalue weighted by molar-refractivity contribution is 5.95. The first-order chi connectivity index (χ1) is 11.6. The number of hydrogen-bond donors (Lipinski definition) is 1. The monoisotopic (exact) mass is 326 g/mol. The Morgan fingerprint density at radius 3 is 2.62 bits per heavy atom. The average Bonchev–Trinajstić information content (AvgIpc) is 2.61. The summed E-state index contributed by atoms with van der Waals surface area (Å²) in [6.07, 6.45) is 1.52. The third-order valence-electron chi connectivity index (χ3n) is 3.20. The molecular formula is C18H18N2O4. The Balaban J connectivity index is 1.90. The molecule has 0 aliphatic carbocycles. The molecule has 24 heavy (non-hydrogen) atoms. The molecule has 6 heteroatoms. The molecule has 2 rings (SSSR count). The van der Waals surface area contributed by atoms with Crippen LogP contribution >= 0.6 is 0 Å². The van der Waals surface area contributed by atoms with E-state index >= 15 is 0 Å². The number of ether oxygens (including phenoxy) is 1. The molecule has 6 nitrogen and oxygen atoms in total. The maximum Gasteiger partial charge on any atom is 0.337 e. The number of amides is 1. The van der Waals surface area contributed by atoms with Crippen LogP contribution in [-0.2, 0) is 14.4 Å². The molecule has 1 amide bonds. The molecule has 2 aromatic carbocycles. The van der Waals surface area contributed by atoms with Gasteiger partial charge in [-0.25, -0.2) is 4.79 Å². The number of esters is 1. The summed E-state index contributed by atoms with van der Waals surface area (Å²) in [5.41, 5.74) is 2.59. The van der Waals surface area contributed by atoms with Gasteiger partial charge in [-0.05, 0) is 30.2 Å². The van der Waals surface area contributed by atoms with Crippen LogP contribution in [0, 0.1) is 6.92 Å². The molecule has 0 spiro atoms. The van der Waals surface area contributed by atoms with E-state index < -0.39 is 5.97 Å². The van der Waals surface area contributed by atoms with Crippen molar-refractivity contribution in [2.75, 3.05) is 19.0 Å². The molecule has 0 aromatic heterocycles. The minimum Gasteiger partial charge on any atom is -0.465 e. The minimum absolute atomic E-state index is 0.231. The maximum absolute atomic E-state index is 11.9. The number of carbonyl (C=O) groups excluding carboxylic acids is 2. The highest BCUT2D eigenvalue weighted by Crippen LogP contribution is 2.17. The largest absolute Gasteiger partial charge is 0.465 e. The summed E-state index contributed by atoms with van der Waals surface area (Å²) >= 11 is 0. The molecule has 0 heterocycles. The van der Waals surface area contributed by atoms with Gasteiger partial charge in [-0.2, -0.15) is 0 Å². The first kappa shape index (κ1) is 17.2. The van der Waals surface area contributed by atoms with Crippen molar-refractivity contribution in [3.05, 3.63) is 65.2 Å². The lowest BCUT2D eigenvalue weighted by atomic mass is 10.1. The van der Waals surface area contributed by atoms with E-state index in [0.29, 0.717) is 11.3 Å². The van der Waals surface area contributed by atoms with Crippen molar-refractivity contribution in [3.8, 4) is 0 Å². The second kappa shape index (κ2) is 8.47. The number of carbonyl (C=O) groups is 2. The van der Waals surface area contributed by atoms with E-state index in [1.165, 1.54) is 13.3 Å². The molecule has 0 aliphatic rings. The van der Waals surface area contributed by atoms with E-state index in [1.807, 2.05) is 37.3 Å². The Bertz CT molecular complexity index is 742. The Labute approximate surface area is 140 Å². The smallest absolute Gasteiger partial charge is 0.337 e.